The largest absolute Gasteiger partial charge is 0.379 e. The van der Waals surface area contributed by atoms with Gasteiger partial charge in [-0.25, -0.2) is 4.39 Å². The van der Waals surface area contributed by atoms with Gasteiger partial charge in [-0.1, -0.05) is 22.4 Å². The van der Waals surface area contributed by atoms with E-state index in [9.17, 15) is 4.39 Å². The Hall–Kier alpha value is -0.490. The Kier molecular flexibility index (Phi) is 5.85. The van der Waals surface area contributed by atoms with Gasteiger partial charge in [0.1, 0.15) is 5.82 Å². The Morgan fingerprint density at radius 3 is 2.82 bits per heavy atom. The number of nitrogens with zero attached hydrogens (tertiary/aromatic N) is 2. The fourth-order valence-corrected chi connectivity index (χ4v) is 3.81. The van der Waals surface area contributed by atoms with Gasteiger partial charge in [0.05, 0.1) is 13.2 Å². The van der Waals surface area contributed by atoms with Crippen LogP contribution in [0.1, 0.15) is 24.8 Å². The number of hydrogen-bond acceptors (Lipinski definition) is 3. The van der Waals surface area contributed by atoms with Crippen molar-refractivity contribution in [3.63, 3.8) is 0 Å². The summed E-state index contributed by atoms with van der Waals surface area (Å²) in [5.74, 6) is -0.153. The van der Waals surface area contributed by atoms with Crippen LogP contribution in [0.2, 0.25) is 0 Å². The molecule has 0 spiro atoms. The number of likely N-dealkylation sites (tertiary alicyclic amines) is 1. The molecule has 3 nitrogen and oxygen atoms in total. The molecule has 2 heterocycles. The SMILES string of the molecule is Fc1ccc(Br)c(CN2CCCCC2CN2CCOCC2)c1. The maximum Gasteiger partial charge on any atom is 0.123 e. The summed E-state index contributed by atoms with van der Waals surface area (Å²) in [6.45, 7) is 6.81. The highest BCUT2D eigenvalue weighted by molar-refractivity contribution is 9.10. The fourth-order valence-electron chi connectivity index (χ4n) is 3.44. The lowest BCUT2D eigenvalue weighted by atomic mass is 10.0. The van der Waals surface area contributed by atoms with Gasteiger partial charge < -0.3 is 4.74 Å². The minimum atomic E-state index is -0.153. The summed E-state index contributed by atoms with van der Waals surface area (Å²) in [6, 6.07) is 5.55. The van der Waals surface area contributed by atoms with Crippen LogP contribution in [0.25, 0.3) is 0 Å². The van der Waals surface area contributed by atoms with Crippen LogP contribution < -0.4 is 0 Å². The van der Waals surface area contributed by atoms with Crippen molar-refractivity contribution in [1.82, 2.24) is 9.80 Å². The third-order valence-corrected chi connectivity index (χ3v) is 5.48. The second kappa shape index (κ2) is 7.86. The van der Waals surface area contributed by atoms with E-state index in [1.54, 1.807) is 6.07 Å². The van der Waals surface area contributed by atoms with Crippen molar-refractivity contribution in [3.8, 4) is 0 Å². The highest BCUT2D eigenvalue weighted by Gasteiger charge is 2.25. The van der Waals surface area contributed by atoms with E-state index in [0.717, 1.165) is 56.0 Å². The minimum Gasteiger partial charge on any atom is -0.379 e. The first-order valence-corrected chi connectivity index (χ1v) is 9.00. The molecule has 1 unspecified atom stereocenters. The first-order chi connectivity index (χ1) is 10.7. The number of ether oxygens (including phenoxy) is 1. The second-order valence-corrected chi connectivity index (χ2v) is 7.12. The molecule has 3 rings (SSSR count). The summed E-state index contributed by atoms with van der Waals surface area (Å²) >= 11 is 3.56. The molecule has 2 saturated heterocycles. The van der Waals surface area contributed by atoms with Crippen molar-refractivity contribution in [3.05, 3.63) is 34.1 Å². The molecule has 2 fully saturated rings. The van der Waals surface area contributed by atoms with Gasteiger partial charge in [0.25, 0.3) is 0 Å². The molecular formula is C17H24BrFN2O. The van der Waals surface area contributed by atoms with Crippen LogP contribution >= 0.6 is 15.9 Å². The van der Waals surface area contributed by atoms with E-state index in [2.05, 4.69) is 25.7 Å². The van der Waals surface area contributed by atoms with Crippen LogP contribution in [0.4, 0.5) is 4.39 Å². The average Bonchev–Trinajstić information content (AvgIpc) is 2.54. The summed E-state index contributed by atoms with van der Waals surface area (Å²) in [4.78, 5) is 5.03. The first kappa shape index (κ1) is 16.4. The Morgan fingerprint density at radius 1 is 1.18 bits per heavy atom. The normalized spacial score (nSPS) is 24.5. The van der Waals surface area contributed by atoms with E-state index in [0.29, 0.717) is 6.04 Å². The highest BCUT2D eigenvalue weighted by atomic mass is 79.9. The number of morpholine rings is 1. The molecule has 0 amide bonds. The van der Waals surface area contributed by atoms with Crippen molar-refractivity contribution >= 4 is 15.9 Å². The zero-order chi connectivity index (χ0) is 15.4. The van der Waals surface area contributed by atoms with Crippen LogP contribution in [-0.4, -0.2) is 55.2 Å². The van der Waals surface area contributed by atoms with Gasteiger partial charge in [0, 0.05) is 36.7 Å². The summed E-state index contributed by atoms with van der Waals surface area (Å²) in [5.41, 5.74) is 1.05. The molecule has 2 aliphatic heterocycles. The summed E-state index contributed by atoms with van der Waals surface area (Å²) in [7, 11) is 0. The number of piperidine rings is 1. The fraction of sp³-hybridized carbons (Fsp3) is 0.647. The molecule has 22 heavy (non-hydrogen) atoms. The zero-order valence-corrected chi connectivity index (χ0v) is 14.5. The first-order valence-electron chi connectivity index (χ1n) is 8.20. The van der Waals surface area contributed by atoms with Gasteiger partial charge in [0.2, 0.25) is 0 Å². The van der Waals surface area contributed by atoms with E-state index in [1.807, 2.05) is 6.07 Å². The number of benzene rings is 1. The van der Waals surface area contributed by atoms with Crippen molar-refractivity contribution in [2.24, 2.45) is 0 Å². The van der Waals surface area contributed by atoms with Gasteiger partial charge in [-0.2, -0.15) is 0 Å². The maximum atomic E-state index is 13.5. The standard InChI is InChI=1S/C17H24BrFN2O/c18-17-5-4-15(19)11-14(17)12-21-6-2-1-3-16(21)13-20-7-9-22-10-8-20/h4-5,11,16H,1-3,6-10,12-13H2. The molecule has 0 radical (unpaired) electrons. The molecule has 1 aromatic rings. The minimum absolute atomic E-state index is 0.153. The molecule has 0 saturated carbocycles. The molecule has 0 aliphatic carbocycles. The third kappa shape index (κ3) is 4.28. The second-order valence-electron chi connectivity index (χ2n) is 6.27. The number of hydrogen-bond donors (Lipinski definition) is 0. The Balaban J connectivity index is 1.65. The van der Waals surface area contributed by atoms with Gasteiger partial charge in [-0.05, 0) is 43.1 Å². The molecule has 0 bridgehead atoms. The van der Waals surface area contributed by atoms with Gasteiger partial charge in [-0.3, -0.25) is 9.80 Å². The summed E-state index contributed by atoms with van der Waals surface area (Å²) in [5, 5.41) is 0. The van der Waals surface area contributed by atoms with Crippen LogP contribution in [0.3, 0.4) is 0 Å². The van der Waals surface area contributed by atoms with Gasteiger partial charge in [0.15, 0.2) is 0 Å². The van der Waals surface area contributed by atoms with Crippen molar-refractivity contribution in [1.29, 1.82) is 0 Å². The van der Waals surface area contributed by atoms with Crippen molar-refractivity contribution < 1.29 is 9.13 Å². The van der Waals surface area contributed by atoms with E-state index >= 15 is 0 Å². The highest BCUT2D eigenvalue weighted by Crippen LogP contribution is 2.25. The van der Waals surface area contributed by atoms with Crippen molar-refractivity contribution in [2.75, 3.05) is 39.4 Å². The van der Waals surface area contributed by atoms with Crippen LogP contribution in [-0.2, 0) is 11.3 Å². The number of rotatable bonds is 4. The predicted octanol–water partition coefficient (Wildman–Crippen LogP) is 3.27. The molecule has 1 aromatic carbocycles. The molecule has 2 aliphatic rings. The molecule has 1 atom stereocenters. The van der Waals surface area contributed by atoms with Crippen molar-refractivity contribution in [2.45, 2.75) is 31.8 Å². The lowest BCUT2D eigenvalue weighted by molar-refractivity contribution is 0.0152. The van der Waals surface area contributed by atoms with E-state index in [4.69, 9.17) is 4.74 Å². The molecule has 5 heteroatoms. The quantitative estimate of drug-likeness (QED) is 0.808. The zero-order valence-electron chi connectivity index (χ0n) is 12.9. The molecular weight excluding hydrogens is 347 g/mol. The molecule has 0 N–H and O–H groups in total. The predicted molar refractivity (Wildman–Crippen MR) is 89.4 cm³/mol. The average molecular weight is 371 g/mol. The molecule has 0 aromatic heterocycles. The van der Waals surface area contributed by atoms with Gasteiger partial charge >= 0.3 is 0 Å². The smallest absolute Gasteiger partial charge is 0.123 e. The monoisotopic (exact) mass is 370 g/mol. The number of halogens is 2. The Bertz CT molecular complexity index is 494. The third-order valence-electron chi connectivity index (χ3n) is 4.70. The van der Waals surface area contributed by atoms with Crippen LogP contribution in [0.15, 0.2) is 22.7 Å². The Morgan fingerprint density at radius 2 is 2.00 bits per heavy atom. The summed E-state index contributed by atoms with van der Waals surface area (Å²) in [6.07, 6.45) is 3.78. The lowest BCUT2D eigenvalue weighted by Crippen LogP contribution is -2.49. The van der Waals surface area contributed by atoms with E-state index in [1.165, 1.54) is 25.3 Å². The lowest BCUT2D eigenvalue weighted by Gasteiger charge is -2.39. The van der Waals surface area contributed by atoms with Crippen LogP contribution in [0.5, 0.6) is 0 Å². The van der Waals surface area contributed by atoms with E-state index < -0.39 is 0 Å². The maximum absolute atomic E-state index is 13.5. The summed E-state index contributed by atoms with van der Waals surface area (Å²) < 4.78 is 20.0. The van der Waals surface area contributed by atoms with Crippen LogP contribution in [0, 0.1) is 5.82 Å². The Labute approximate surface area is 140 Å². The topological polar surface area (TPSA) is 15.7 Å². The van der Waals surface area contributed by atoms with Gasteiger partial charge in [-0.15, -0.1) is 0 Å². The molecule has 122 valence electrons. The van der Waals surface area contributed by atoms with E-state index in [-0.39, 0.29) is 5.82 Å².